The summed E-state index contributed by atoms with van der Waals surface area (Å²) < 4.78 is 5.71. The van der Waals surface area contributed by atoms with Crippen LogP contribution in [-0.4, -0.2) is 37.3 Å². The Labute approximate surface area is 145 Å². The van der Waals surface area contributed by atoms with Gasteiger partial charge in [0.2, 0.25) is 0 Å². The van der Waals surface area contributed by atoms with Crippen molar-refractivity contribution in [2.45, 2.75) is 39.8 Å². The number of thiocarbonyl (C=S) groups is 1. The van der Waals surface area contributed by atoms with Crippen LogP contribution in [-0.2, 0) is 6.54 Å². The molecule has 0 aliphatic heterocycles. The lowest BCUT2D eigenvalue weighted by Gasteiger charge is -2.13. The minimum atomic E-state index is -0.343. The van der Waals surface area contributed by atoms with Crippen LogP contribution in [0.4, 0.5) is 5.95 Å². The van der Waals surface area contributed by atoms with Gasteiger partial charge in [0.15, 0.2) is 5.11 Å². The number of ether oxygens (including phenoxy) is 1. The molecule has 0 bridgehead atoms. The van der Waals surface area contributed by atoms with Crippen molar-refractivity contribution in [1.82, 2.24) is 25.5 Å². The van der Waals surface area contributed by atoms with Gasteiger partial charge in [-0.3, -0.25) is 15.4 Å². The fourth-order valence-corrected chi connectivity index (χ4v) is 1.95. The van der Waals surface area contributed by atoms with Crippen molar-refractivity contribution in [2.24, 2.45) is 0 Å². The topological polar surface area (TPSA) is 94.0 Å². The van der Waals surface area contributed by atoms with E-state index in [1.165, 1.54) is 4.80 Å². The van der Waals surface area contributed by atoms with Crippen LogP contribution < -0.4 is 15.4 Å². The van der Waals surface area contributed by atoms with Gasteiger partial charge in [0.25, 0.3) is 11.9 Å². The van der Waals surface area contributed by atoms with Crippen LogP contribution in [0.3, 0.4) is 0 Å². The molecule has 1 aromatic carbocycles. The van der Waals surface area contributed by atoms with Crippen molar-refractivity contribution in [3.8, 4) is 5.75 Å². The first-order valence-electron chi connectivity index (χ1n) is 7.68. The van der Waals surface area contributed by atoms with E-state index in [1.54, 1.807) is 18.2 Å². The predicted molar refractivity (Wildman–Crippen MR) is 94.0 cm³/mol. The lowest BCUT2D eigenvalue weighted by molar-refractivity contribution is 0.0977. The van der Waals surface area contributed by atoms with Crippen LogP contribution >= 0.6 is 12.2 Å². The molecule has 1 amide bonds. The van der Waals surface area contributed by atoms with Crippen molar-refractivity contribution < 1.29 is 9.53 Å². The third kappa shape index (κ3) is 4.98. The van der Waals surface area contributed by atoms with E-state index in [0.29, 0.717) is 17.9 Å². The van der Waals surface area contributed by atoms with E-state index in [4.69, 9.17) is 17.0 Å². The molecule has 2 aromatic rings. The zero-order chi connectivity index (χ0) is 17.5. The lowest BCUT2D eigenvalue weighted by Crippen LogP contribution is -2.34. The Balaban J connectivity index is 1.96. The standard InChI is InChI=1S/C15H20N6O2S/c1-4-10(3)23-12-8-6-7-11(9-12)13(22)16-15(24)17-14-18-20-21(5-2)19-14/h6-10H,4-5H2,1-3H3,(H2,16,17,19,22,24). The van der Waals surface area contributed by atoms with Gasteiger partial charge in [-0.15, -0.1) is 5.10 Å². The summed E-state index contributed by atoms with van der Waals surface area (Å²) in [6, 6.07) is 6.94. The van der Waals surface area contributed by atoms with Gasteiger partial charge in [-0.25, -0.2) is 0 Å². The summed E-state index contributed by atoms with van der Waals surface area (Å²) in [5.41, 5.74) is 0.449. The molecule has 0 saturated carbocycles. The van der Waals surface area contributed by atoms with Crippen molar-refractivity contribution in [1.29, 1.82) is 0 Å². The number of nitrogens with zero attached hydrogens (tertiary/aromatic N) is 4. The summed E-state index contributed by atoms with van der Waals surface area (Å²) >= 11 is 5.09. The molecule has 0 aliphatic rings. The molecule has 1 heterocycles. The number of carbonyl (C=O) groups excluding carboxylic acids is 1. The lowest BCUT2D eigenvalue weighted by atomic mass is 10.2. The number of aromatic nitrogens is 4. The summed E-state index contributed by atoms with van der Waals surface area (Å²) in [5.74, 6) is 0.532. The Morgan fingerprint density at radius 1 is 1.42 bits per heavy atom. The van der Waals surface area contributed by atoms with Gasteiger partial charge in [0.05, 0.1) is 12.6 Å². The van der Waals surface area contributed by atoms with Gasteiger partial charge in [0.1, 0.15) is 5.75 Å². The molecule has 128 valence electrons. The Morgan fingerprint density at radius 3 is 2.88 bits per heavy atom. The number of amides is 1. The Morgan fingerprint density at radius 2 is 2.21 bits per heavy atom. The average molecular weight is 348 g/mol. The molecule has 0 saturated heterocycles. The first-order chi connectivity index (χ1) is 11.5. The number of anilines is 1. The summed E-state index contributed by atoms with van der Waals surface area (Å²) in [5, 5.41) is 17.0. The van der Waals surface area contributed by atoms with E-state index in [1.807, 2.05) is 26.8 Å². The SMILES string of the molecule is CCC(C)Oc1cccc(C(=O)NC(=S)Nc2nnn(CC)n2)c1. The maximum absolute atomic E-state index is 12.3. The second kappa shape index (κ2) is 8.34. The Kier molecular flexibility index (Phi) is 6.19. The van der Waals surface area contributed by atoms with Crippen molar-refractivity contribution >= 4 is 29.2 Å². The van der Waals surface area contributed by atoms with Crippen LogP contribution in [0.5, 0.6) is 5.75 Å². The van der Waals surface area contributed by atoms with Crippen molar-refractivity contribution in [3.05, 3.63) is 29.8 Å². The third-order valence-corrected chi connectivity index (χ3v) is 3.40. The number of tetrazole rings is 1. The van der Waals surface area contributed by atoms with Crippen LogP contribution in [0, 0.1) is 0 Å². The normalized spacial score (nSPS) is 11.6. The molecule has 2 N–H and O–H groups in total. The molecule has 24 heavy (non-hydrogen) atoms. The maximum Gasteiger partial charge on any atom is 0.269 e. The number of benzene rings is 1. The highest BCUT2D eigenvalue weighted by Gasteiger charge is 2.11. The van der Waals surface area contributed by atoms with Gasteiger partial charge in [-0.2, -0.15) is 4.80 Å². The molecular formula is C15H20N6O2S. The summed E-state index contributed by atoms with van der Waals surface area (Å²) in [7, 11) is 0. The zero-order valence-corrected chi connectivity index (χ0v) is 14.6. The van der Waals surface area contributed by atoms with Gasteiger partial charge in [-0.1, -0.05) is 18.1 Å². The fourth-order valence-electron chi connectivity index (χ4n) is 1.76. The summed E-state index contributed by atoms with van der Waals surface area (Å²) in [6.45, 7) is 6.49. The molecule has 2 rings (SSSR count). The van der Waals surface area contributed by atoms with Gasteiger partial charge >= 0.3 is 0 Å². The quantitative estimate of drug-likeness (QED) is 0.771. The van der Waals surface area contributed by atoms with Gasteiger partial charge < -0.3 is 4.74 Å². The fraction of sp³-hybridized carbons (Fsp3) is 0.400. The van der Waals surface area contributed by atoms with E-state index < -0.39 is 0 Å². The minimum absolute atomic E-state index is 0.0818. The molecule has 0 aliphatic carbocycles. The van der Waals surface area contributed by atoms with Crippen LogP contribution in [0.1, 0.15) is 37.6 Å². The van der Waals surface area contributed by atoms with Crippen molar-refractivity contribution in [3.63, 3.8) is 0 Å². The highest BCUT2D eigenvalue weighted by atomic mass is 32.1. The van der Waals surface area contributed by atoms with Gasteiger partial charge in [-0.05, 0) is 55.9 Å². The monoisotopic (exact) mass is 348 g/mol. The molecule has 1 unspecified atom stereocenters. The van der Waals surface area contributed by atoms with E-state index >= 15 is 0 Å². The molecule has 1 aromatic heterocycles. The molecule has 0 spiro atoms. The average Bonchev–Trinajstić information content (AvgIpc) is 3.02. The highest BCUT2D eigenvalue weighted by molar-refractivity contribution is 7.80. The smallest absolute Gasteiger partial charge is 0.269 e. The predicted octanol–water partition coefficient (Wildman–Crippen LogP) is 2.00. The number of hydrogen-bond donors (Lipinski definition) is 2. The minimum Gasteiger partial charge on any atom is -0.491 e. The van der Waals surface area contributed by atoms with E-state index in [0.717, 1.165) is 6.42 Å². The maximum atomic E-state index is 12.3. The first kappa shape index (κ1) is 17.8. The molecular weight excluding hydrogens is 328 g/mol. The van der Waals surface area contributed by atoms with E-state index in [2.05, 4.69) is 26.0 Å². The Bertz CT molecular complexity index is 717. The number of rotatable bonds is 6. The molecule has 9 heteroatoms. The zero-order valence-electron chi connectivity index (χ0n) is 13.8. The first-order valence-corrected chi connectivity index (χ1v) is 8.09. The van der Waals surface area contributed by atoms with Crippen LogP contribution in [0.25, 0.3) is 0 Å². The highest BCUT2D eigenvalue weighted by Crippen LogP contribution is 2.15. The molecule has 0 fully saturated rings. The molecule has 0 radical (unpaired) electrons. The summed E-state index contributed by atoms with van der Waals surface area (Å²) in [4.78, 5) is 13.7. The van der Waals surface area contributed by atoms with Crippen LogP contribution in [0.15, 0.2) is 24.3 Å². The Hall–Kier alpha value is -2.55. The number of nitrogens with one attached hydrogen (secondary N) is 2. The number of hydrogen-bond acceptors (Lipinski definition) is 6. The van der Waals surface area contributed by atoms with E-state index in [9.17, 15) is 4.79 Å². The van der Waals surface area contributed by atoms with Gasteiger partial charge in [0, 0.05) is 5.56 Å². The van der Waals surface area contributed by atoms with Crippen molar-refractivity contribution in [2.75, 3.05) is 5.32 Å². The van der Waals surface area contributed by atoms with E-state index in [-0.39, 0.29) is 23.1 Å². The third-order valence-electron chi connectivity index (χ3n) is 3.20. The summed E-state index contributed by atoms with van der Waals surface area (Å²) in [6.07, 6.45) is 0.967. The number of carbonyl (C=O) groups is 1. The second-order valence-corrected chi connectivity index (χ2v) is 5.48. The molecule has 8 nitrogen and oxygen atoms in total. The second-order valence-electron chi connectivity index (χ2n) is 5.07. The van der Waals surface area contributed by atoms with Crippen LogP contribution in [0.2, 0.25) is 0 Å². The molecule has 1 atom stereocenters. The largest absolute Gasteiger partial charge is 0.491 e. The number of aryl methyl sites for hydroxylation is 1.